The molecule has 0 bridgehead atoms. The van der Waals surface area contributed by atoms with Crippen LogP contribution in [0, 0.1) is 6.92 Å². The average Bonchev–Trinajstić information content (AvgIpc) is 2.61. The van der Waals surface area contributed by atoms with Gasteiger partial charge in [0.1, 0.15) is 6.61 Å². The van der Waals surface area contributed by atoms with E-state index in [1.165, 1.54) is 0 Å². The van der Waals surface area contributed by atoms with Gasteiger partial charge in [-0.15, -0.1) is 5.10 Å². The largest absolute Gasteiger partial charge is 0.445 e. The molecule has 0 atom stereocenters. The third-order valence-electron chi connectivity index (χ3n) is 4.41. The van der Waals surface area contributed by atoms with Crippen LogP contribution in [0.3, 0.4) is 0 Å². The molecule has 0 unspecified atom stereocenters. The van der Waals surface area contributed by atoms with Crippen molar-refractivity contribution in [3.05, 3.63) is 58.4 Å². The van der Waals surface area contributed by atoms with E-state index < -0.39 is 0 Å². The van der Waals surface area contributed by atoms with Crippen molar-refractivity contribution in [1.82, 2.24) is 15.1 Å². The number of likely N-dealkylation sites (tertiary alicyclic amines) is 1. The summed E-state index contributed by atoms with van der Waals surface area (Å²) >= 11 is 6.20. The number of nitrogens with zero attached hydrogens (tertiary/aromatic N) is 3. The Morgan fingerprint density at radius 3 is 2.67 bits per heavy atom. The molecule has 0 N–H and O–H groups in total. The normalized spacial score (nSPS) is 15.3. The van der Waals surface area contributed by atoms with Gasteiger partial charge in [-0.1, -0.05) is 41.9 Å². The first-order chi connectivity index (χ1) is 11.6. The fourth-order valence-corrected chi connectivity index (χ4v) is 3.45. The van der Waals surface area contributed by atoms with Crippen molar-refractivity contribution in [1.29, 1.82) is 0 Å². The van der Waals surface area contributed by atoms with Crippen molar-refractivity contribution >= 4 is 17.7 Å². The first kappa shape index (κ1) is 16.7. The third-order valence-corrected chi connectivity index (χ3v) is 4.69. The molecule has 24 heavy (non-hydrogen) atoms. The highest BCUT2D eigenvalue weighted by molar-refractivity contribution is 6.30. The van der Waals surface area contributed by atoms with E-state index >= 15 is 0 Å². The zero-order valence-corrected chi connectivity index (χ0v) is 14.4. The Hall–Kier alpha value is -2.14. The second-order valence-electron chi connectivity index (χ2n) is 6.03. The van der Waals surface area contributed by atoms with Crippen LogP contribution >= 0.6 is 11.6 Å². The van der Waals surface area contributed by atoms with E-state index in [1.807, 2.05) is 37.3 Å². The molecule has 6 heteroatoms. The molecule has 0 radical (unpaired) electrons. The van der Waals surface area contributed by atoms with Crippen molar-refractivity contribution in [2.75, 3.05) is 13.1 Å². The topological polar surface area (TPSA) is 55.3 Å². The van der Waals surface area contributed by atoms with Crippen molar-refractivity contribution in [2.24, 2.45) is 0 Å². The Balaban J connectivity index is 1.54. The molecule has 3 rings (SSSR count). The van der Waals surface area contributed by atoms with E-state index in [1.54, 1.807) is 11.1 Å². The maximum atomic E-state index is 12.2. The van der Waals surface area contributed by atoms with Crippen LogP contribution in [-0.4, -0.2) is 34.3 Å². The molecule has 0 saturated carbocycles. The van der Waals surface area contributed by atoms with Crippen molar-refractivity contribution < 1.29 is 9.53 Å². The highest BCUT2D eigenvalue weighted by atomic mass is 35.5. The zero-order valence-electron chi connectivity index (χ0n) is 13.6. The molecular formula is C18H20ClN3O2. The highest BCUT2D eigenvalue weighted by Crippen LogP contribution is 2.33. The van der Waals surface area contributed by atoms with E-state index in [9.17, 15) is 4.79 Å². The molecule has 2 heterocycles. The predicted molar refractivity (Wildman–Crippen MR) is 92.0 cm³/mol. The van der Waals surface area contributed by atoms with Gasteiger partial charge in [0, 0.05) is 13.1 Å². The third kappa shape index (κ3) is 3.85. The Labute approximate surface area is 146 Å². The van der Waals surface area contributed by atoms with Gasteiger partial charge in [-0.05, 0) is 42.4 Å². The summed E-state index contributed by atoms with van der Waals surface area (Å²) in [5.41, 5.74) is 3.11. The number of benzene rings is 1. The molecule has 126 valence electrons. The number of aromatic nitrogens is 2. The van der Waals surface area contributed by atoms with Crippen LogP contribution in [0.1, 0.15) is 35.4 Å². The van der Waals surface area contributed by atoms with E-state index in [-0.39, 0.29) is 6.09 Å². The minimum atomic E-state index is -0.257. The van der Waals surface area contributed by atoms with E-state index in [0.717, 1.165) is 29.5 Å². The van der Waals surface area contributed by atoms with Gasteiger partial charge < -0.3 is 9.64 Å². The Bertz CT molecular complexity index is 680. The number of amides is 1. The maximum Gasteiger partial charge on any atom is 0.410 e. The zero-order chi connectivity index (χ0) is 16.9. The number of halogens is 1. The van der Waals surface area contributed by atoms with Gasteiger partial charge in [0.15, 0.2) is 5.15 Å². The van der Waals surface area contributed by atoms with E-state index in [0.29, 0.717) is 30.8 Å². The lowest BCUT2D eigenvalue weighted by Gasteiger charge is -2.32. The number of ether oxygens (including phenoxy) is 1. The van der Waals surface area contributed by atoms with Crippen LogP contribution < -0.4 is 0 Å². The molecule has 0 aliphatic carbocycles. The number of hydrogen-bond acceptors (Lipinski definition) is 4. The van der Waals surface area contributed by atoms with Crippen molar-refractivity contribution in [3.63, 3.8) is 0 Å². The molecule has 1 aliphatic rings. The second kappa shape index (κ2) is 7.62. The fourth-order valence-electron chi connectivity index (χ4n) is 3.10. The van der Waals surface area contributed by atoms with Crippen LogP contribution in [0.4, 0.5) is 4.79 Å². The second-order valence-corrected chi connectivity index (χ2v) is 6.39. The lowest BCUT2D eigenvalue weighted by atomic mass is 9.88. The summed E-state index contributed by atoms with van der Waals surface area (Å²) in [6.45, 7) is 3.63. The minimum absolute atomic E-state index is 0.257. The molecule has 1 aliphatic heterocycles. The summed E-state index contributed by atoms with van der Waals surface area (Å²) in [7, 11) is 0. The van der Waals surface area contributed by atoms with Gasteiger partial charge in [0.2, 0.25) is 0 Å². The smallest absolute Gasteiger partial charge is 0.410 e. The van der Waals surface area contributed by atoms with Crippen molar-refractivity contribution in [3.8, 4) is 0 Å². The number of aryl methyl sites for hydroxylation is 1. The lowest BCUT2D eigenvalue weighted by molar-refractivity contribution is 0.0870. The Morgan fingerprint density at radius 2 is 2.00 bits per heavy atom. The number of rotatable bonds is 3. The molecule has 2 aromatic rings. The van der Waals surface area contributed by atoms with Crippen LogP contribution in [-0.2, 0) is 11.3 Å². The number of hydrogen-bond donors (Lipinski definition) is 0. The van der Waals surface area contributed by atoms with E-state index in [2.05, 4.69) is 10.2 Å². The SMILES string of the molecule is Cc1cnnc(Cl)c1C1CCN(C(=O)OCc2ccccc2)CC1. The molecule has 1 saturated heterocycles. The first-order valence-corrected chi connectivity index (χ1v) is 8.46. The molecular weight excluding hydrogens is 326 g/mol. The Morgan fingerprint density at radius 1 is 1.29 bits per heavy atom. The quantitative estimate of drug-likeness (QED) is 0.845. The first-order valence-electron chi connectivity index (χ1n) is 8.08. The minimum Gasteiger partial charge on any atom is -0.445 e. The summed E-state index contributed by atoms with van der Waals surface area (Å²) in [5.74, 6) is 0.311. The summed E-state index contributed by atoms with van der Waals surface area (Å²) in [5, 5.41) is 8.28. The molecule has 5 nitrogen and oxygen atoms in total. The average molecular weight is 346 g/mol. The van der Waals surface area contributed by atoms with Gasteiger partial charge in [-0.25, -0.2) is 4.79 Å². The number of piperidine rings is 1. The highest BCUT2D eigenvalue weighted by Gasteiger charge is 2.27. The molecule has 0 spiro atoms. The molecule has 1 fully saturated rings. The predicted octanol–water partition coefficient (Wildman–Crippen LogP) is 3.95. The van der Waals surface area contributed by atoms with Crippen LogP contribution in [0.5, 0.6) is 0 Å². The van der Waals surface area contributed by atoms with E-state index in [4.69, 9.17) is 16.3 Å². The molecule has 1 aromatic carbocycles. The van der Waals surface area contributed by atoms with Gasteiger partial charge in [0.05, 0.1) is 6.20 Å². The van der Waals surface area contributed by atoms with Crippen molar-refractivity contribution in [2.45, 2.75) is 32.3 Å². The van der Waals surface area contributed by atoms with Gasteiger partial charge in [-0.3, -0.25) is 0 Å². The standard InChI is InChI=1S/C18H20ClN3O2/c1-13-11-20-21-17(19)16(13)15-7-9-22(10-8-15)18(23)24-12-14-5-3-2-4-6-14/h2-6,11,15H,7-10,12H2,1H3. The summed E-state index contributed by atoms with van der Waals surface area (Å²) in [6.07, 6.45) is 3.19. The van der Waals surface area contributed by atoms with Crippen LogP contribution in [0.25, 0.3) is 0 Å². The summed E-state index contributed by atoms with van der Waals surface area (Å²) in [4.78, 5) is 14.0. The monoisotopic (exact) mass is 345 g/mol. The Kier molecular flexibility index (Phi) is 5.30. The number of carbonyl (C=O) groups is 1. The molecule has 1 aromatic heterocycles. The van der Waals surface area contributed by atoms with Crippen LogP contribution in [0.2, 0.25) is 5.15 Å². The number of carbonyl (C=O) groups excluding carboxylic acids is 1. The van der Waals surface area contributed by atoms with Gasteiger partial charge in [-0.2, -0.15) is 5.10 Å². The summed E-state index contributed by atoms with van der Waals surface area (Å²) in [6, 6.07) is 9.70. The van der Waals surface area contributed by atoms with Crippen LogP contribution in [0.15, 0.2) is 36.5 Å². The lowest BCUT2D eigenvalue weighted by Crippen LogP contribution is -2.38. The van der Waals surface area contributed by atoms with Gasteiger partial charge in [0.25, 0.3) is 0 Å². The molecule has 1 amide bonds. The summed E-state index contributed by atoms with van der Waals surface area (Å²) < 4.78 is 5.39. The van der Waals surface area contributed by atoms with Gasteiger partial charge >= 0.3 is 6.09 Å². The fraction of sp³-hybridized carbons (Fsp3) is 0.389. The maximum absolute atomic E-state index is 12.2.